The first-order valence-electron chi connectivity index (χ1n) is 7.13. The van der Waals surface area contributed by atoms with E-state index in [4.69, 9.17) is 0 Å². The molecule has 0 radical (unpaired) electrons. The quantitative estimate of drug-likeness (QED) is 0.718. The fourth-order valence-corrected chi connectivity index (χ4v) is 2.53. The van der Waals surface area contributed by atoms with Gasteiger partial charge in [0.1, 0.15) is 0 Å². The molecule has 0 amide bonds. The SMILES string of the molecule is CCCNC(CN1CCC(CC)C1)C(C)C. The summed E-state index contributed by atoms with van der Waals surface area (Å²) in [6, 6.07) is 0.676. The Morgan fingerprint density at radius 1 is 1.31 bits per heavy atom. The minimum Gasteiger partial charge on any atom is -0.312 e. The monoisotopic (exact) mass is 226 g/mol. The zero-order chi connectivity index (χ0) is 12.0. The summed E-state index contributed by atoms with van der Waals surface area (Å²) in [7, 11) is 0. The van der Waals surface area contributed by atoms with Crippen molar-refractivity contribution in [3.8, 4) is 0 Å². The number of nitrogens with zero attached hydrogens (tertiary/aromatic N) is 1. The highest BCUT2D eigenvalue weighted by molar-refractivity contribution is 4.80. The summed E-state index contributed by atoms with van der Waals surface area (Å²) in [4.78, 5) is 2.65. The lowest BCUT2D eigenvalue weighted by Crippen LogP contribution is -2.43. The van der Waals surface area contributed by atoms with E-state index in [9.17, 15) is 0 Å². The Morgan fingerprint density at radius 3 is 2.56 bits per heavy atom. The molecule has 1 heterocycles. The number of hydrogen-bond donors (Lipinski definition) is 1. The highest BCUT2D eigenvalue weighted by Gasteiger charge is 2.24. The average Bonchev–Trinajstić information content (AvgIpc) is 2.71. The molecule has 2 nitrogen and oxygen atoms in total. The fraction of sp³-hybridized carbons (Fsp3) is 1.00. The first-order chi connectivity index (χ1) is 7.67. The van der Waals surface area contributed by atoms with Crippen molar-refractivity contribution in [2.75, 3.05) is 26.2 Å². The van der Waals surface area contributed by atoms with Crippen LogP contribution in [0.4, 0.5) is 0 Å². The predicted molar refractivity (Wildman–Crippen MR) is 71.8 cm³/mol. The van der Waals surface area contributed by atoms with E-state index in [-0.39, 0.29) is 0 Å². The molecule has 1 N–H and O–H groups in total. The molecule has 0 aromatic heterocycles. The number of hydrogen-bond acceptors (Lipinski definition) is 2. The summed E-state index contributed by atoms with van der Waals surface area (Å²) >= 11 is 0. The summed E-state index contributed by atoms with van der Waals surface area (Å²) < 4.78 is 0. The van der Waals surface area contributed by atoms with Crippen LogP contribution in [0.25, 0.3) is 0 Å². The van der Waals surface area contributed by atoms with Crippen LogP contribution in [0.3, 0.4) is 0 Å². The van der Waals surface area contributed by atoms with Crippen LogP contribution in [0, 0.1) is 11.8 Å². The standard InChI is InChI=1S/C14H30N2/c1-5-8-15-14(12(3)4)11-16-9-7-13(6-2)10-16/h12-15H,5-11H2,1-4H3. The van der Waals surface area contributed by atoms with E-state index < -0.39 is 0 Å². The van der Waals surface area contributed by atoms with Crippen LogP contribution < -0.4 is 5.32 Å². The highest BCUT2D eigenvalue weighted by Crippen LogP contribution is 2.19. The van der Waals surface area contributed by atoms with Crippen molar-refractivity contribution in [2.45, 2.75) is 53.0 Å². The molecule has 0 aromatic carbocycles. The molecule has 0 saturated carbocycles. The Bertz CT molecular complexity index is 180. The van der Waals surface area contributed by atoms with Crippen LogP contribution in [0.1, 0.15) is 47.0 Å². The second kappa shape index (κ2) is 7.29. The van der Waals surface area contributed by atoms with Gasteiger partial charge in [0.15, 0.2) is 0 Å². The maximum absolute atomic E-state index is 3.69. The van der Waals surface area contributed by atoms with Crippen LogP contribution in [0.15, 0.2) is 0 Å². The Balaban J connectivity index is 2.31. The van der Waals surface area contributed by atoms with Gasteiger partial charge in [0, 0.05) is 19.1 Å². The second-order valence-electron chi connectivity index (χ2n) is 5.63. The molecule has 16 heavy (non-hydrogen) atoms. The normalized spacial score (nSPS) is 24.2. The summed E-state index contributed by atoms with van der Waals surface area (Å²) in [5, 5.41) is 3.69. The van der Waals surface area contributed by atoms with Crippen molar-refractivity contribution in [2.24, 2.45) is 11.8 Å². The van der Waals surface area contributed by atoms with Crippen molar-refractivity contribution in [3.63, 3.8) is 0 Å². The van der Waals surface area contributed by atoms with Gasteiger partial charge in [-0.3, -0.25) is 0 Å². The van der Waals surface area contributed by atoms with Gasteiger partial charge in [0.05, 0.1) is 0 Å². The molecule has 2 heteroatoms. The highest BCUT2D eigenvalue weighted by atomic mass is 15.2. The van der Waals surface area contributed by atoms with Crippen molar-refractivity contribution in [3.05, 3.63) is 0 Å². The molecule has 2 atom stereocenters. The minimum atomic E-state index is 0.676. The topological polar surface area (TPSA) is 15.3 Å². The molecule has 0 aliphatic carbocycles. The van der Waals surface area contributed by atoms with Crippen LogP contribution in [-0.4, -0.2) is 37.1 Å². The van der Waals surface area contributed by atoms with Gasteiger partial charge in [-0.15, -0.1) is 0 Å². The van der Waals surface area contributed by atoms with E-state index >= 15 is 0 Å². The van der Waals surface area contributed by atoms with Gasteiger partial charge in [-0.2, -0.15) is 0 Å². The van der Waals surface area contributed by atoms with Gasteiger partial charge in [-0.1, -0.05) is 34.1 Å². The zero-order valence-electron chi connectivity index (χ0n) is 11.6. The predicted octanol–water partition coefficient (Wildman–Crippen LogP) is 2.74. The van der Waals surface area contributed by atoms with E-state index in [0.29, 0.717) is 6.04 Å². The third-order valence-corrected chi connectivity index (χ3v) is 3.86. The zero-order valence-corrected chi connectivity index (χ0v) is 11.6. The first kappa shape index (κ1) is 14.0. The molecular formula is C14H30N2. The average molecular weight is 226 g/mol. The Labute approximate surface area is 102 Å². The number of nitrogens with one attached hydrogen (secondary N) is 1. The molecule has 1 rings (SSSR count). The third kappa shape index (κ3) is 4.42. The molecule has 0 aromatic rings. The van der Waals surface area contributed by atoms with Crippen LogP contribution in [-0.2, 0) is 0 Å². The molecule has 1 aliphatic heterocycles. The fourth-order valence-electron chi connectivity index (χ4n) is 2.53. The van der Waals surface area contributed by atoms with Gasteiger partial charge in [-0.25, -0.2) is 0 Å². The molecule has 1 fully saturated rings. The Morgan fingerprint density at radius 2 is 2.06 bits per heavy atom. The summed E-state index contributed by atoms with van der Waals surface area (Å²) in [6.45, 7) is 14.3. The third-order valence-electron chi connectivity index (χ3n) is 3.86. The molecule has 96 valence electrons. The molecule has 2 unspecified atom stereocenters. The van der Waals surface area contributed by atoms with E-state index in [1.54, 1.807) is 0 Å². The first-order valence-corrected chi connectivity index (χ1v) is 7.13. The number of rotatable bonds is 7. The van der Waals surface area contributed by atoms with Gasteiger partial charge >= 0.3 is 0 Å². The second-order valence-corrected chi connectivity index (χ2v) is 5.63. The van der Waals surface area contributed by atoms with Crippen molar-refractivity contribution in [1.29, 1.82) is 0 Å². The molecule has 0 bridgehead atoms. The number of likely N-dealkylation sites (tertiary alicyclic amines) is 1. The van der Waals surface area contributed by atoms with Crippen LogP contribution in [0.2, 0.25) is 0 Å². The van der Waals surface area contributed by atoms with Gasteiger partial charge in [-0.05, 0) is 37.8 Å². The molecule has 1 aliphatic rings. The summed E-state index contributed by atoms with van der Waals surface area (Å²) in [5.41, 5.74) is 0. The Hall–Kier alpha value is -0.0800. The molecule has 1 saturated heterocycles. The van der Waals surface area contributed by atoms with Crippen LogP contribution in [0.5, 0.6) is 0 Å². The molecular weight excluding hydrogens is 196 g/mol. The Kier molecular flexibility index (Phi) is 6.37. The minimum absolute atomic E-state index is 0.676. The summed E-state index contributed by atoms with van der Waals surface area (Å²) in [6.07, 6.45) is 4.00. The lowest BCUT2D eigenvalue weighted by molar-refractivity contribution is 0.248. The van der Waals surface area contributed by atoms with Crippen molar-refractivity contribution < 1.29 is 0 Å². The van der Waals surface area contributed by atoms with Gasteiger partial charge in [0.2, 0.25) is 0 Å². The maximum Gasteiger partial charge on any atom is 0.0217 e. The van der Waals surface area contributed by atoms with Gasteiger partial charge in [0.25, 0.3) is 0 Å². The van der Waals surface area contributed by atoms with E-state index in [1.807, 2.05) is 0 Å². The lowest BCUT2D eigenvalue weighted by Gasteiger charge is -2.27. The van der Waals surface area contributed by atoms with E-state index in [0.717, 1.165) is 18.4 Å². The largest absolute Gasteiger partial charge is 0.312 e. The smallest absolute Gasteiger partial charge is 0.0217 e. The van der Waals surface area contributed by atoms with Gasteiger partial charge < -0.3 is 10.2 Å². The van der Waals surface area contributed by atoms with Crippen molar-refractivity contribution in [1.82, 2.24) is 10.2 Å². The summed E-state index contributed by atoms with van der Waals surface area (Å²) in [5.74, 6) is 1.70. The lowest BCUT2D eigenvalue weighted by atomic mass is 10.0. The van der Waals surface area contributed by atoms with Crippen LogP contribution >= 0.6 is 0 Å². The van der Waals surface area contributed by atoms with Crippen molar-refractivity contribution >= 4 is 0 Å². The maximum atomic E-state index is 3.69. The molecule has 0 spiro atoms. The van der Waals surface area contributed by atoms with E-state index in [2.05, 4.69) is 37.9 Å². The van der Waals surface area contributed by atoms with E-state index in [1.165, 1.54) is 38.9 Å².